The fourth-order valence-electron chi connectivity index (χ4n) is 4.00. The van der Waals surface area contributed by atoms with Crippen LogP contribution >= 0.6 is 0 Å². The van der Waals surface area contributed by atoms with Gasteiger partial charge in [0.05, 0.1) is 17.2 Å². The molecule has 0 atom stereocenters. The molecule has 1 aliphatic carbocycles. The number of halogens is 3. The minimum absolute atomic E-state index is 0.0197. The highest BCUT2D eigenvalue weighted by Crippen LogP contribution is 2.45. The fraction of sp³-hybridized carbons (Fsp3) is 0.478. The highest BCUT2D eigenvalue weighted by Gasteiger charge is 2.38. The van der Waals surface area contributed by atoms with Crippen molar-refractivity contribution < 1.29 is 22.7 Å². The van der Waals surface area contributed by atoms with Crippen molar-refractivity contribution in [2.45, 2.75) is 45.0 Å². The quantitative estimate of drug-likeness (QED) is 0.716. The zero-order valence-electron chi connectivity index (χ0n) is 17.6. The van der Waals surface area contributed by atoms with Gasteiger partial charge in [0.25, 0.3) is 0 Å². The van der Waals surface area contributed by atoms with E-state index >= 15 is 0 Å². The average Bonchev–Trinajstić information content (AvgIpc) is 3.53. The largest absolute Gasteiger partial charge is 0.487 e. The maximum absolute atomic E-state index is 13.4. The Morgan fingerprint density at radius 2 is 2.00 bits per heavy atom. The number of benzene rings is 1. The second-order valence-corrected chi connectivity index (χ2v) is 8.43. The van der Waals surface area contributed by atoms with Gasteiger partial charge in [0.2, 0.25) is 5.91 Å². The summed E-state index contributed by atoms with van der Waals surface area (Å²) in [6.07, 6.45) is -1.46. The molecule has 166 valence electrons. The molecule has 8 heteroatoms. The van der Waals surface area contributed by atoms with Gasteiger partial charge in [-0.15, -0.1) is 0 Å². The number of carbonyl (C=O) groups excluding carboxylic acids is 1. The van der Waals surface area contributed by atoms with Gasteiger partial charge in [-0.3, -0.25) is 14.7 Å². The molecule has 0 spiro atoms. The smallest absolute Gasteiger partial charge is 0.416 e. The Bertz CT molecular complexity index is 967. The van der Waals surface area contributed by atoms with E-state index in [-0.39, 0.29) is 30.0 Å². The van der Waals surface area contributed by atoms with Gasteiger partial charge in [0.15, 0.2) is 0 Å². The van der Waals surface area contributed by atoms with Crippen molar-refractivity contribution in [1.29, 1.82) is 0 Å². The molecule has 4 rings (SSSR count). The molecule has 1 aromatic carbocycles. The van der Waals surface area contributed by atoms with Crippen LogP contribution in [0.5, 0.6) is 5.75 Å². The monoisotopic (exact) mass is 433 g/mol. The molecule has 1 aliphatic heterocycles. The molecule has 2 aliphatic rings. The van der Waals surface area contributed by atoms with Gasteiger partial charge in [0.1, 0.15) is 12.4 Å². The van der Waals surface area contributed by atoms with Crippen LogP contribution in [0, 0.1) is 12.8 Å². The maximum atomic E-state index is 13.4. The number of amides is 1. The Kier molecular flexibility index (Phi) is 5.92. The number of carbonyl (C=O) groups is 1. The second kappa shape index (κ2) is 8.49. The number of likely N-dealkylation sites (tertiary alicyclic amines) is 1. The molecule has 0 bridgehead atoms. The Morgan fingerprint density at radius 3 is 2.61 bits per heavy atom. The summed E-state index contributed by atoms with van der Waals surface area (Å²) in [4.78, 5) is 18.0. The number of nitrogens with one attached hydrogen (secondary N) is 1. The van der Waals surface area contributed by atoms with Crippen LogP contribution in [0.4, 0.5) is 13.2 Å². The number of hydrogen-bond acceptors (Lipinski definition) is 4. The molecule has 1 saturated carbocycles. The molecule has 1 saturated heterocycles. The van der Waals surface area contributed by atoms with Crippen molar-refractivity contribution in [2.24, 2.45) is 5.92 Å². The van der Waals surface area contributed by atoms with Gasteiger partial charge < -0.3 is 10.1 Å². The van der Waals surface area contributed by atoms with Gasteiger partial charge in [-0.2, -0.15) is 13.2 Å². The summed E-state index contributed by atoms with van der Waals surface area (Å²) in [6.45, 7) is 4.11. The van der Waals surface area contributed by atoms with Crippen LogP contribution in [-0.2, 0) is 24.1 Å². The SMILES string of the molecule is CNC(=O)C1CN(Cc2ccc(OCc3cc(C(F)(F)F)c(C4CC4)cn3)c(C)c2)C1. The molecule has 5 nitrogen and oxygen atoms in total. The van der Waals surface area contributed by atoms with E-state index in [0.29, 0.717) is 11.3 Å². The normalized spacial score (nSPS) is 17.3. The van der Waals surface area contributed by atoms with Crippen molar-refractivity contribution in [2.75, 3.05) is 20.1 Å². The average molecular weight is 433 g/mol. The Hall–Kier alpha value is -2.61. The molecule has 1 aromatic heterocycles. The molecule has 2 heterocycles. The third kappa shape index (κ3) is 5.01. The molecule has 0 radical (unpaired) electrons. The highest BCUT2D eigenvalue weighted by molar-refractivity contribution is 5.79. The van der Waals surface area contributed by atoms with E-state index < -0.39 is 11.7 Å². The van der Waals surface area contributed by atoms with Gasteiger partial charge in [-0.05, 0) is 54.5 Å². The fourth-order valence-corrected chi connectivity index (χ4v) is 4.00. The molecular formula is C23H26F3N3O2. The van der Waals surface area contributed by atoms with Crippen molar-refractivity contribution in [1.82, 2.24) is 15.2 Å². The Labute approximate surface area is 179 Å². The zero-order valence-corrected chi connectivity index (χ0v) is 17.6. The minimum Gasteiger partial charge on any atom is -0.487 e. The highest BCUT2D eigenvalue weighted by atomic mass is 19.4. The van der Waals surface area contributed by atoms with Crippen LogP contribution in [0.1, 0.15) is 46.7 Å². The predicted octanol–water partition coefficient (Wildman–Crippen LogP) is 4.04. The first-order valence-corrected chi connectivity index (χ1v) is 10.5. The molecule has 1 amide bonds. The third-order valence-electron chi connectivity index (χ3n) is 5.91. The van der Waals surface area contributed by atoms with Crippen LogP contribution in [0.2, 0.25) is 0 Å². The molecule has 2 fully saturated rings. The molecule has 2 aromatic rings. The summed E-state index contributed by atoms with van der Waals surface area (Å²) >= 11 is 0. The molecule has 0 unspecified atom stereocenters. The maximum Gasteiger partial charge on any atom is 0.416 e. The van der Waals surface area contributed by atoms with Crippen LogP contribution in [0.15, 0.2) is 30.5 Å². The van der Waals surface area contributed by atoms with Crippen molar-refractivity contribution in [3.63, 3.8) is 0 Å². The van der Waals surface area contributed by atoms with Crippen LogP contribution in [-0.4, -0.2) is 35.9 Å². The second-order valence-electron chi connectivity index (χ2n) is 8.43. The molecule has 31 heavy (non-hydrogen) atoms. The van der Waals surface area contributed by atoms with Gasteiger partial charge in [-0.1, -0.05) is 12.1 Å². The van der Waals surface area contributed by atoms with E-state index in [2.05, 4.69) is 15.2 Å². The summed E-state index contributed by atoms with van der Waals surface area (Å²) in [5.74, 6) is 0.724. The molecular weight excluding hydrogens is 407 g/mol. The lowest BCUT2D eigenvalue weighted by molar-refractivity contribution is -0.138. The number of pyridine rings is 1. The van der Waals surface area contributed by atoms with Crippen molar-refractivity contribution in [3.05, 3.63) is 58.4 Å². The lowest BCUT2D eigenvalue weighted by Crippen LogP contribution is -2.52. The number of hydrogen-bond donors (Lipinski definition) is 1. The number of nitrogens with zero attached hydrogens (tertiary/aromatic N) is 2. The first-order chi connectivity index (χ1) is 14.7. The van der Waals surface area contributed by atoms with Crippen LogP contribution in [0.25, 0.3) is 0 Å². The van der Waals surface area contributed by atoms with Crippen molar-refractivity contribution in [3.8, 4) is 5.75 Å². The minimum atomic E-state index is -4.39. The first-order valence-electron chi connectivity index (χ1n) is 10.5. The number of alkyl halides is 3. The summed E-state index contributed by atoms with van der Waals surface area (Å²) in [7, 11) is 1.65. The van der Waals surface area contributed by atoms with E-state index in [1.807, 2.05) is 25.1 Å². The number of aromatic nitrogens is 1. The van der Waals surface area contributed by atoms with E-state index in [1.165, 1.54) is 6.20 Å². The number of aryl methyl sites for hydroxylation is 1. The lowest BCUT2D eigenvalue weighted by Gasteiger charge is -2.38. The number of rotatable bonds is 7. The lowest BCUT2D eigenvalue weighted by atomic mass is 9.98. The van der Waals surface area contributed by atoms with E-state index in [1.54, 1.807) is 7.05 Å². The number of ether oxygens (including phenoxy) is 1. The van der Waals surface area contributed by atoms with Gasteiger partial charge >= 0.3 is 6.18 Å². The Balaban J connectivity index is 1.36. The summed E-state index contributed by atoms with van der Waals surface area (Å²) in [6, 6.07) is 6.90. The predicted molar refractivity (Wildman–Crippen MR) is 110 cm³/mol. The summed E-state index contributed by atoms with van der Waals surface area (Å²) in [5, 5.41) is 2.67. The Morgan fingerprint density at radius 1 is 1.26 bits per heavy atom. The topological polar surface area (TPSA) is 54.5 Å². The van der Waals surface area contributed by atoms with E-state index in [4.69, 9.17) is 4.74 Å². The van der Waals surface area contributed by atoms with E-state index in [9.17, 15) is 18.0 Å². The van der Waals surface area contributed by atoms with Crippen molar-refractivity contribution >= 4 is 5.91 Å². The van der Waals surface area contributed by atoms with Gasteiger partial charge in [-0.25, -0.2) is 0 Å². The summed E-state index contributed by atoms with van der Waals surface area (Å²) in [5.41, 5.74) is 1.97. The van der Waals surface area contributed by atoms with E-state index in [0.717, 1.165) is 49.7 Å². The van der Waals surface area contributed by atoms with Gasteiger partial charge in [0, 0.05) is 32.9 Å². The van der Waals surface area contributed by atoms with Crippen LogP contribution < -0.4 is 10.1 Å². The summed E-state index contributed by atoms with van der Waals surface area (Å²) < 4.78 is 46.0. The first kappa shape index (κ1) is 21.6. The zero-order chi connectivity index (χ0) is 22.2. The third-order valence-corrected chi connectivity index (χ3v) is 5.91. The molecule has 1 N–H and O–H groups in total. The standard InChI is InChI=1S/C23H26F3N3O2/c1-14-7-15(10-29-11-17(12-29)22(30)27-2)3-6-21(14)31-13-18-8-20(23(24,25)26)19(9-28-18)16-4-5-16/h3,6-9,16-17H,4-5,10-13H2,1-2H3,(H,27,30). The van der Waals surface area contributed by atoms with Crippen LogP contribution in [0.3, 0.4) is 0 Å².